The van der Waals surface area contributed by atoms with Crippen LogP contribution >= 0.6 is 0 Å². The fraction of sp³-hybridized carbons (Fsp3) is 0.538. The number of benzene rings is 1. The number of ether oxygens (including phenoxy) is 1. The molecule has 0 aromatic heterocycles. The van der Waals surface area contributed by atoms with Crippen molar-refractivity contribution in [3.8, 4) is 0 Å². The second-order valence-corrected chi connectivity index (χ2v) is 4.45. The summed E-state index contributed by atoms with van der Waals surface area (Å²) < 4.78 is 30.5. The number of rotatable bonds is 6. The molecule has 0 atom stereocenters. The zero-order valence-electron chi connectivity index (χ0n) is 9.66. The van der Waals surface area contributed by atoms with Crippen molar-refractivity contribution in [3.63, 3.8) is 0 Å². The van der Waals surface area contributed by atoms with Gasteiger partial charge in [-0.3, -0.25) is 0 Å². The maximum absolute atomic E-state index is 12.5. The summed E-state index contributed by atoms with van der Waals surface area (Å²) in [7, 11) is 0. The topological polar surface area (TPSA) is 21.3 Å². The molecule has 0 saturated heterocycles. The molecule has 0 amide bonds. The lowest BCUT2D eigenvalue weighted by Gasteiger charge is -2.35. The van der Waals surface area contributed by atoms with Crippen molar-refractivity contribution in [2.75, 3.05) is 13.2 Å². The van der Waals surface area contributed by atoms with Gasteiger partial charge in [0.25, 0.3) is 5.92 Å². The van der Waals surface area contributed by atoms with E-state index in [2.05, 4.69) is 5.32 Å². The Morgan fingerprint density at radius 2 is 1.94 bits per heavy atom. The molecule has 1 aliphatic rings. The molecule has 0 heterocycles. The summed E-state index contributed by atoms with van der Waals surface area (Å²) in [6.07, 6.45) is -0.0721. The smallest absolute Gasteiger partial charge is 0.251 e. The van der Waals surface area contributed by atoms with Crippen LogP contribution in [-0.2, 0) is 11.3 Å². The fourth-order valence-corrected chi connectivity index (χ4v) is 1.91. The van der Waals surface area contributed by atoms with E-state index in [4.69, 9.17) is 4.74 Å². The Morgan fingerprint density at radius 3 is 2.59 bits per heavy atom. The molecule has 1 fully saturated rings. The highest BCUT2D eigenvalue weighted by Crippen LogP contribution is 2.37. The van der Waals surface area contributed by atoms with Crippen LogP contribution in [0.25, 0.3) is 0 Å². The summed E-state index contributed by atoms with van der Waals surface area (Å²) in [5.41, 5.74) is 1.13. The summed E-state index contributed by atoms with van der Waals surface area (Å²) in [5.74, 6) is -2.44. The van der Waals surface area contributed by atoms with Crippen LogP contribution in [0.1, 0.15) is 18.4 Å². The van der Waals surface area contributed by atoms with E-state index < -0.39 is 5.92 Å². The standard InChI is InChI=1S/C13H17F2NO/c14-13(15)8-12(9-13)16-6-7-17-10-11-4-2-1-3-5-11/h1-5,12,16H,6-10H2. The van der Waals surface area contributed by atoms with Crippen LogP contribution in [0.5, 0.6) is 0 Å². The number of alkyl halides is 2. The number of nitrogens with one attached hydrogen (secondary N) is 1. The van der Waals surface area contributed by atoms with Crippen molar-refractivity contribution >= 4 is 0 Å². The Hall–Kier alpha value is -1.00. The second kappa shape index (κ2) is 5.56. The van der Waals surface area contributed by atoms with Crippen molar-refractivity contribution < 1.29 is 13.5 Å². The van der Waals surface area contributed by atoms with Crippen LogP contribution < -0.4 is 5.32 Å². The van der Waals surface area contributed by atoms with Gasteiger partial charge in [-0.2, -0.15) is 0 Å². The predicted molar refractivity (Wildman–Crippen MR) is 62.1 cm³/mol. The molecule has 17 heavy (non-hydrogen) atoms. The average molecular weight is 241 g/mol. The Bertz CT molecular complexity index is 335. The van der Waals surface area contributed by atoms with Gasteiger partial charge < -0.3 is 10.1 Å². The van der Waals surface area contributed by atoms with Gasteiger partial charge in [0.2, 0.25) is 0 Å². The van der Waals surface area contributed by atoms with E-state index >= 15 is 0 Å². The monoisotopic (exact) mass is 241 g/mol. The van der Waals surface area contributed by atoms with Gasteiger partial charge in [0.05, 0.1) is 13.2 Å². The normalized spacial score (nSPS) is 18.9. The van der Waals surface area contributed by atoms with Gasteiger partial charge >= 0.3 is 0 Å². The first-order valence-corrected chi connectivity index (χ1v) is 5.89. The molecule has 0 bridgehead atoms. The van der Waals surface area contributed by atoms with E-state index in [1.165, 1.54) is 0 Å². The van der Waals surface area contributed by atoms with Crippen molar-refractivity contribution in [2.24, 2.45) is 0 Å². The molecule has 0 aliphatic heterocycles. The summed E-state index contributed by atoms with van der Waals surface area (Å²) in [6.45, 7) is 1.76. The fourth-order valence-electron chi connectivity index (χ4n) is 1.91. The molecular weight excluding hydrogens is 224 g/mol. The molecule has 1 saturated carbocycles. The molecule has 4 heteroatoms. The van der Waals surface area contributed by atoms with E-state index in [-0.39, 0.29) is 18.9 Å². The molecule has 1 N–H and O–H groups in total. The second-order valence-electron chi connectivity index (χ2n) is 4.45. The van der Waals surface area contributed by atoms with Crippen molar-refractivity contribution in [3.05, 3.63) is 35.9 Å². The quantitative estimate of drug-likeness (QED) is 0.773. The van der Waals surface area contributed by atoms with Gasteiger partial charge in [-0.1, -0.05) is 30.3 Å². The van der Waals surface area contributed by atoms with Crippen LogP contribution in [0, 0.1) is 0 Å². The van der Waals surface area contributed by atoms with Crippen LogP contribution in [0.4, 0.5) is 8.78 Å². The van der Waals surface area contributed by atoms with Gasteiger partial charge in [-0.15, -0.1) is 0 Å². The largest absolute Gasteiger partial charge is 0.375 e. The summed E-state index contributed by atoms with van der Waals surface area (Å²) in [6, 6.07) is 9.85. The first-order chi connectivity index (χ1) is 8.16. The minimum absolute atomic E-state index is 0.0360. The zero-order valence-corrected chi connectivity index (χ0v) is 9.66. The Balaban J connectivity index is 1.50. The molecule has 1 aliphatic carbocycles. The minimum atomic E-state index is -2.44. The lowest BCUT2D eigenvalue weighted by molar-refractivity contribution is -0.0934. The van der Waals surface area contributed by atoms with E-state index in [0.29, 0.717) is 19.8 Å². The van der Waals surface area contributed by atoms with Gasteiger partial charge in [-0.05, 0) is 5.56 Å². The van der Waals surface area contributed by atoms with Crippen LogP contribution in [-0.4, -0.2) is 25.1 Å². The zero-order chi connectivity index (χ0) is 12.1. The molecule has 2 rings (SSSR count). The highest BCUT2D eigenvalue weighted by molar-refractivity contribution is 5.13. The molecular formula is C13H17F2NO. The lowest BCUT2D eigenvalue weighted by Crippen LogP contribution is -2.49. The Morgan fingerprint density at radius 1 is 1.24 bits per heavy atom. The summed E-state index contributed by atoms with van der Waals surface area (Å²) >= 11 is 0. The Labute approximate surface area is 100.0 Å². The lowest BCUT2D eigenvalue weighted by atomic mass is 9.88. The predicted octanol–water partition coefficient (Wildman–Crippen LogP) is 2.59. The average Bonchev–Trinajstić information content (AvgIpc) is 2.27. The molecule has 0 spiro atoms. The van der Waals surface area contributed by atoms with E-state index in [0.717, 1.165) is 5.56 Å². The maximum atomic E-state index is 12.5. The van der Waals surface area contributed by atoms with E-state index in [9.17, 15) is 8.78 Å². The van der Waals surface area contributed by atoms with Crippen LogP contribution in [0.15, 0.2) is 30.3 Å². The van der Waals surface area contributed by atoms with Gasteiger partial charge in [0, 0.05) is 25.4 Å². The molecule has 0 unspecified atom stereocenters. The Kier molecular flexibility index (Phi) is 4.07. The molecule has 1 aromatic carbocycles. The van der Waals surface area contributed by atoms with E-state index in [1.54, 1.807) is 0 Å². The molecule has 2 nitrogen and oxygen atoms in total. The summed E-state index contributed by atoms with van der Waals surface area (Å²) in [5, 5.41) is 3.06. The highest BCUT2D eigenvalue weighted by atomic mass is 19.3. The molecule has 0 radical (unpaired) electrons. The minimum Gasteiger partial charge on any atom is -0.375 e. The van der Waals surface area contributed by atoms with Crippen LogP contribution in [0.2, 0.25) is 0 Å². The molecule has 1 aromatic rings. The van der Waals surface area contributed by atoms with Crippen molar-refractivity contribution in [1.82, 2.24) is 5.32 Å². The van der Waals surface area contributed by atoms with Gasteiger partial charge in [0.15, 0.2) is 0 Å². The third-order valence-corrected chi connectivity index (χ3v) is 2.88. The number of halogens is 2. The van der Waals surface area contributed by atoms with E-state index in [1.807, 2.05) is 30.3 Å². The summed E-state index contributed by atoms with van der Waals surface area (Å²) in [4.78, 5) is 0. The first-order valence-electron chi connectivity index (χ1n) is 5.89. The molecule has 94 valence electrons. The first kappa shape index (κ1) is 12.5. The number of hydrogen-bond acceptors (Lipinski definition) is 2. The van der Waals surface area contributed by atoms with Gasteiger partial charge in [0.1, 0.15) is 0 Å². The SMILES string of the molecule is FC1(F)CC(NCCOCc2ccccc2)C1. The van der Waals surface area contributed by atoms with Crippen molar-refractivity contribution in [2.45, 2.75) is 31.4 Å². The third-order valence-electron chi connectivity index (χ3n) is 2.88. The highest BCUT2D eigenvalue weighted by Gasteiger charge is 2.44. The third kappa shape index (κ3) is 4.06. The van der Waals surface area contributed by atoms with Crippen molar-refractivity contribution in [1.29, 1.82) is 0 Å². The maximum Gasteiger partial charge on any atom is 0.251 e. The van der Waals surface area contributed by atoms with Crippen LogP contribution in [0.3, 0.4) is 0 Å². The van der Waals surface area contributed by atoms with Gasteiger partial charge in [-0.25, -0.2) is 8.78 Å². The number of hydrogen-bond donors (Lipinski definition) is 1.